The van der Waals surface area contributed by atoms with Crippen molar-refractivity contribution in [2.75, 3.05) is 6.54 Å². The van der Waals surface area contributed by atoms with Gasteiger partial charge in [0.1, 0.15) is 0 Å². The highest BCUT2D eigenvalue weighted by Crippen LogP contribution is 2.66. The van der Waals surface area contributed by atoms with Crippen molar-refractivity contribution in [2.24, 2.45) is 34.5 Å². The number of nitrogens with one attached hydrogen (secondary N) is 1. The van der Waals surface area contributed by atoms with Crippen LogP contribution in [0.2, 0.25) is 0 Å². The lowest BCUT2D eigenvalue weighted by atomic mass is 9.46. The summed E-state index contributed by atoms with van der Waals surface area (Å²) in [5.41, 5.74) is 9.12. The zero-order chi connectivity index (χ0) is 25.5. The van der Waals surface area contributed by atoms with Gasteiger partial charge in [-0.2, -0.15) is 5.48 Å². The van der Waals surface area contributed by atoms with Crippen molar-refractivity contribution >= 4 is 11.5 Å². The van der Waals surface area contributed by atoms with E-state index in [2.05, 4.69) is 54.8 Å². The maximum Gasteiger partial charge on any atom is 0.329 e. The van der Waals surface area contributed by atoms with Crippen molar-refractivity contribution in [3.8, 4) is 0 Å². The third-order valence-electron chi connectivity index (χ3n) is 10.5. The summed E-state index contributed by atoms with van der Waals surface area (Å²) >= 11 is 0. The Morgan fingerprint density at radius 2 is 1.86 bits per heavy atom. The van der Waals surface area contributed by atoms with E-state index >= 15 is 0 Å². The first kappa shape index (κ1) is 24.6. The van der Waals surface area contributed by atoms with E-state index in [1.165, 1.54) is 44.1 Å². The highest BCUT2D eigenvalue weighted by Gasteiger charge is 2.57. The predicted molar refractivity (Wildman–Crippen MR) is 147 cm³/mol. The number of pyridine rings is 1. The van der Waals surface area contributed by atoms with Crippen LogP contribution in [-0.4, -0.2) is 17.5 Å². The first-order chi connectivity index (χ1) is 18.0. The fourth-order valence-electron chi connectivity index (χ4n) is 8.53. The molecule has 1 aromatic carbocycles. The number of allylic oxidation sites excluding steroid dienone is 3. The van der Waals surface area contributed by atoms with E-state index in [1.54, 1.807) is 11.1 Å². The summed E-state index contributed by atoms with van der Waals surface area (Å²) in [4.78, 5) is 22.0. The van der Waals surface area contributed by atoms with Crippen LogP contribution in [0.4, 0.5) is 0 Å². The minimum Gasteiger partial charge on any atom is -0.370 e. The smallest absolute Gasteiger partial charge is 0.329 e. The van der Waals surface area contributed by atoms with Gasteiger partial charge in [-0.15, -0.1) is 0 Å². The third kappa shape index (κ3) is 4.48. The monoisotopic (exact) mass is 496 g/mol. The van der Waals surface area contributed by atoms with Crippen molar-refractivity contribution in [2.45, 2.75) is 65.2 Å². The molecule has 37 heavy (non-hydrogen) atoms. The molecule has 1 heterocycles. The normalized spacial score (nSPS) is 34.4. The van der Waals surface area contributed by atoms with Crippen LogP contribution in [0, 0.1) is 34.5 Å². The zero-order valence-corrected chi connectivity index (χ0v) is 22.3. The molecule has 4 aliphatic carbocycles. The molecule has 6 atom stereocenters. The van der Waals surface area contributed by atoms with E-state index in [0.29, 0.717) is 24.3 Å². The maximum absolute atomic E-state index is 12.2. The highest BCUT2D eigenvalue weighted by atomic mass is 16.7. The van der Waals surface area contributed by atoms with E-state index in [1.807, 2.05) is 36.5 Å². The molecule has 4 aliphatic rings. The fraction of sp³-hybridized carbons (Fsp3) is 0.515. The summed E-state index contributed by atoms with van der Waals surface area (Å²) in [5.74, 6) is 2.55. The summed E-state index contributed by atoms with van der Waals surface area (Å²) < 4.78 is 0. The molecule has 194 valence electrons. The Morgan fingerprint density at radius 3 is 2.68 bits per heavy atom. The molecule has 2 fully saturated rings. The summed E-state index contributed by atoms with van der Waals surface area (Å²) in [5, 5.41) is 0. The number of hydrogen-bond donors (Lipinski definition) is 1. The number of hydrogen-bond acceptors (Lipinski definition) is 4. The van der Waals surface area contributed by atoms with Crippen LogP contribution in [0.25, 0.3) is 5.57 Å². The lowest BCUT2D eigenvalue weighted by molar-refractivity contribution is -0.150. The molecule has 0 bridgehead atoms. The van der Waals surface area contributed by atoms with Gasteiger partial charge in [-0.1, -0.05) is 68.0 Å². The van der Waals surface area contributed by atoms with Gasteiger partial charge < -0.3 is 4.84 Å². The van der Waals surface area contributed by atoms with Gasteiger partial charge in [-0.25, -0.2) is 0 Å². The SMILES string of the molecule is C[C@]12CCC(CNOC(=O)Cc3ccccc3)C=C1CC[C@H]1[C@@H]2CC[C@]2(C)C(c3cccnc3)=CC[C@@H]12. The van der Waals surface area contributed by atoms with Crippen LogP contribution < -0.4 is 5.48 Å². The van der Waals surface area contributed by atoms with E-state index in [0.717, 1.165) is 29.7 Å². The molecular weight excluding hydrogens is 456 g/mol. The molecule has 4 nitrogen and oxygen atoms in total. The van der Waals surface area contributed by atoms with Crippen LogP contribution in [-0.2, 0) is 16.1 Å². The number of rotatable bonds is 6. The molecule has 2 aromatic rings. The Kier molecular flexibility index (Phi) is 6.56. The average molecular weight is 497 g/mol. The molecule has 0 saturated heterocycles. The molecule has 0 aliphatic heterocycles. The fourth-order valence-corrected chi connectivity index (χ4v) is 8.53. The molecule has 6 rings (SSSR count). The second-order valence-corrected chi connectivity index (χ2v) is 12.4. The van der Waals surface area contributed by atoms with Gasteiger partial charge in [-0.3, -0.25) is 9.78 Å². The molecule has 0 spiro atoms. The minimum absolute atomic E-state index is 0.221. The first-order valence-corrected chi connectivity index (χ1v) is 14.3. The quantitative estimate of drug-likeness (QED) is 0.347. The summed E-state index contributed by atoms with van der Waals surface area (Å²) in [6, 6.07) is 14.1. The average Bonchev–Trinajstić information content (AvgIpc) is 3.27. The highest BCUT2D eigenvalue weighted by molar-refractivity contribution is 5.73. The van der Waals surface area contributed by atoms with Gasteiger partial charge >= 0.3 is 5.97 Å². The van der Waals surface area contributed by atoms with E-state index < -0.39 is 0 Å². The number of aromatic nitrogens is 1. The maximum atomic E-state index is 12.2. The topological polar surface area (TPSA) is 51.2 Å². The second kappa shape index (κ2) is 9.87. The van der Waals surface area contributed by atoms with Gasteiger partial charge in [0.25, 0.3) is 0 Å². The van der Waals surface area contributed by atoms with Gasteiger partial charge in [0, 0.05) is 18.9 Å². The van der Waals surface area contributed by atoms with Crippen molar-refractivity contribution in [3.05, 3.63) is 83.7 Å². The molecule has 0 radical (unpaired) electrons. The van der Waals surface area contributed by atoms with Crippen molar-refractivity contribution < 1.29 is 9.63 Å². The van der Waals surface area contributed by atoms with E-state index in [9.17, 15) is 4.79 Å². The lowest BCUT2D eigenvalue weighted by Gasteiger charge is -2.58. The van der Waals surface area contributed by atoms with Gasteiger partial charge in [0.05, 0.1) is 6.42 Å². The first-order valence-electron chi connectivity index (χ1n) is 14.3. The molecule has 1 unspecified atom stereocenters. The largest absolute Gasteiger partial charge is 0.370 e. The number of hydroxylamine groups is 1. The van der Waals surface area contributed by atoms with E-state index in [4.69, 9.17) is 4.84 Å². The summed E-state index contributed by atoms with van der Waals surface area (Å²) in [7, 11) is 0. The molecule has 4 heteroatoms. The summed E-state index contributed by atoms with van der Waals surface area (Å²) in [6.45, 7) is 5.80. The molecule has 1 aromatic heterocycles. The molecule has 0 amide bonds. The predicted octanol–water partition coefficient (Wildman–Crippen LogP) is 6.94. The Bertz CT molecular complexity index is 1190. The zero-order valence-electron chi connectivity index (χ0n) is 22.3. The summed E-state index contributed by atoms with van der Waals surface area (Å²) in [6.07, 6.45) is 18.1. The molecule has 1 N–H and O–H groups in total. The van der Waals surface area contributed by atoms with E-state index in [-0.39, 0.29) is 11.4 Å². The van der Waals surface area contributed by atoms with Gasteiger partial charge in [0.2, 0.25) is 0 Å². The standard InChI is InChI=1S/C33H40N2O2/c1-32-16-14-24(21-35-37-31(36)20-23-7-4-3-5-8-23)19-26(32)10-11-27-29-13-12-28(25-9-6-18-34-22-25)33(29,2)17-15-30(27)32/h3-9,12,18-19,22,24,27,29-30,35H,10-11,13-17,20-21H2,1-2H3/t24?,27-,29+,30+,32+,33-/m1/s1. The minimum atomic E-state index is -0.221. The Labute approximate surface area is 221 Å². The Balaban J connectivity index is 1.09. The van der Waals surface area contributed by atoms with Crippen LogP contribution in [0.1, 0.15) is 69.9 Å². The number of carbonyl (C=O) groups is 1. The van der Waals surface area contributed by atoms with Crippen LogP contribution in [0.15, 0.2) is 72.6 Å². The van der Waals surface area contributed by atoms with Crippen molar-refractivity contribution in [3.63, 3.8) is 0 Å². The van der Waals surface area contributed by atoms with Crippen LogP contribution >= 0.6 is 0 Å². The van der Waals surface area contributed by atoms with Crippen molar-refractivity contribution in [1.82, 2.24) is 10.5 Å². The Morgan fingerprint density at radius 1 is 1.03 bits per heavy atom. The molecule has 2 saturated carbocycles. The van der Waals surface area contributed by atoms with Crippen LogP contribution in [0.5, 0.6) is 0 Å². The van der Waals surface area contributed by atoms with Gasteiger partial charge in [0.15, 0.2) is 0 Å². The van der Waals surface area contributed by atoms with Crippen molar-refractivity contribution in [1.29, 1.82) is 0 Å². The lowest BCUT2D eigenvalue weighted by Crippen LogP contribution is -2.50. The Hall–Kier alpha value is -2.72. The second-order valence-electron chi connectivity index (χ2n) is 12.4. The third-order valence-corrected chi connectivity index (χ3v) is 10.5. The number of fused-ring (bicyclic) bond motifs is 5. The number of nitrogens with zero attached hydrogens (tertiary/aromatic N) is 1. The molecular formula is C33H40N2O2. The number of benzene rings is 1. The number of carbonyl (C=O) groups excluding carboxylic acids is 1. The van der Waals surface area contributed by atoms with Gasteiger partial charge in [-0.05, 0) is 102 Å². The van der Waals surface area contributed by atoms with Crippen LogP contribution in [0.3, 0.4) is 0 Å².